The summed E-state index contributed by atoms with van der Waals surface area (Å²) in [6.45, 7) is 5.48. The summed E-state index contributed by atoms with van der Waals surface area (Å²) in [7, 11) is 2.05. The van der Waals surface area contributed by atoms with E-state index in [1.165, 1.54) is 0 Å². The van der Waals surface area contributed by atoms with Crippen molar-refractivity contribution >= 4 is 0 Å². The third kappa shape index (κ3) is 2.45. The van der Waals surface area contributed by atoms with Gasteiger partial charge in [0.15, 0.2) is 0 Å². The third-order valence-corrected chi connectivity index (χ3v) is 3.60. The lowest BCUT2D eigenvalue weighted by molar-refractivity contribution is 0.0485. The van der Waals surface area contributed by atoms with Crippen LogP contribution in [-0.2, 0) is 5.60 Å². The van der Waals surface area contributed by atoms with Crippen molar-refractivity contribution in [2.45, 2.75) is 31.9 Å². The van der Waals surface area contributed by atoms with Crippen LogP contribution in [0.1, 0.15) is 25.8 Å². The van der Waals surface area contributed by atoms with Crippen molar-refractivity contribution in [1.29, 1.82) is 0 Å². The van der Waals surface area contributed by atoms with Gasteiger partial charge in [-0.15, -0.1) is 0 Å². The average molecular weight is 235 g/mol. The summed E-state index contributed by atoms with van der Waals surface area (Å²) in [5.74, 6) is 0.860. The molecule has 1 aromatic carbocycles. The number of aliphatic hydroxyl groups is 1. The Morgan fingerprint density at radius 3 is 2.53 bits per heavy atom. The fourth-order valence-corrected chi connectivity index (χ4v) is 2.51. The smallest absolute Gasteiger partial charge is 0.119 e. The second kappa shape index (κ2) is 4.67. The summed E-state index contributed by atoms with van der Waals surface area (Å²) in [4.78, 5) is 2.19. The molecule has 2 unspecified atom stereocenters. The van der Waals surface area contributed by atoms with Gasteiger partial charge >= 0.3 is 0 Å². The summed E-state index contributed by atoms with van der Waals surface area (Å²) < 4.78 is 5.41. The lowest BCUT2D eigenvalue weighted by atomic mass is 9.91. The van der Waals surface area contributed by atoms with E-state index in [1.54, 1.807) is 0 Å². The zero-order valence-electron chi connectivity index (χ0n) is 10.8. The predicted molar refractivity (Wildman–Crippen MR) is 68.2 cm³/mol. The molecule has 3 nitrogen and oxygen atoms in total. The van der Waals surface area contributed by atoms with Gasteiger partial charge in [0.25, 0.3) is 0 Å². The van der Waals surface area contributed by atoms with Gasteiger partial charge in [-0.2, -0.15) is 0 Å². The maximum absolute atomic E-state index is 10.6. The maximum Gasteiger partial charge on any atom is 0.119 e. The molecular weight excluding hydrogens is 214 g/mol. The highest BCUT2D eigenvalue weighted by Gasteiger charge is 2.40. The lowest BCUT2D eigenvalue weighted by Crippen LogP contribution is -2.29. The summed E-state index contributed by atoms with van der Waals surface area (Å²) in [5.41, 5.74) is 0.274. The summed E-state index contributed by atoms with van der Waals surface area (Å²) in [6.07, 6.45) is 0.789. The first-order valence-electron chi connectivity index (χ1n) is 6.21. The molecule has 2 atom stereocenters. The van der Waals surface area contributed by atoms with Gasteiger partial charge in [-0.1, -0.05) is 12.1 Å². The Hall–Kier alpha value is -1.06. The summed E-state index contributed by atoms with van der Waals surface area (Å²) in [5, 5.41) is 10.6. The van der Waals surface area contributed by atoms with E-state index in [4.69, 9.17) is 4.74 Å². The van der Waals surface area contributed by atoms with Crippen LogP contribution in [0.4, 0.5) is 0 Å². The fraction of sp³-hybridized carbons (Fsp3) is 0.571. The normalized spacial score (nSPS) is 29.5. The monoisotopic (exact) mass is 235 g/mol. The molecule has 94 valence electrons. The Balaban J connectivity index is 2.17. The first-order valence-corrected chi connectivity index (χ1v) is 6.21. The second-order valence-electron chi connectivity index (χ2n) is 4.96. The van der Waals surface area contributed by atoms with E-state index in [2.05, 4.69) is 18.9 Å². The van der Waals surface area contributed by atoms with Gasteiger partial charge in [0, 0.05) is 12.6 Å². The molecule has 1 aromatic rings. The van der Waals surface area contributed by atoms with Crippen LogP contribution in [-0.4, -0.2) is 36.2 Å². The highest BCUT2D eigenvalue weighted by molar-refractivity contribution is 5.32. The first kappa shape index (κ1) is 12.4. The summed E-state index contributed by atoms with van der Waals surface area (Å²) in [6, 6.07) is 8.22. The van der Waals surface area contributed by atoms with Crippen LogP contribution in [0.15, 0.2) is 24.3 Å². The van der Waals surface area contributed by atoms with Gasteiger partial charge in [-0.05, 0) is 45.0 Å². The molecule has 2 rings (SSSR count). The van der Waals surface area contributed by atoms with Gasteiger partial charge in [-0.3, -0.25) is 0 Å². The molecule has 1 aliphatic heterocycles. The van der Waals surface area contributed by atoms with Crippen LogP contribution >= 0.6 is 0 Å². The Bertz CT molecular complexity index is 364. The zero-order chi connectivity index (χ0) is 12.5. The Morgan fingerprint density at radius 2 is 2.06 bits per heavy atom. The maximum atomic E-state index is 10.6. The Kier molecular flexibility index (Phi) is 3.40. The molecule has 3 heteroatoms. The van der Waals surface area contributed by atoms with Gasteiger partial charge in [0.2, 0.25) is 0 Å². The molecule has 0 spiro atoms. The number of rotatable bonds is 3. The van der Waals surface area contributed by atoms with Crippen LogP contribution in [0.5, 0.6) is 5.75 Å². The van der Waals surface area contributed by atoms with Crippen molar-refractivity contribution in [3.8, 4) is 5.75 Å². The fourth-order valence-electron chi connectivity index (χ4n) is 2.51. The van der Waals surface area contributed by atoms with Gasteiger partial charge in [0.1, 0.15) is 11.4 Å². The van der Waals surface area contributed by atoms with E-state index in [9.17, 15) is 5.11 Å². The van der Waals surface area contributed by atoms with Crippen LogP contribution in [0.25, 0.3) is 0 Å². The molecule has 1 fully saturated rings. The second-order valence-corrected chi connectivity index (χ2v) is 4.96. The van der Waals surface area contributed by atoms with Crippen molar-refractivity contribution in [2.24, 2.45) is 0 Å². The van der Waals surface area contributed by atoms with E-state index < -0.39 is 5.60 Å². The Labute approximate surface area is 103 Å². The number of β-amino-alcohol motifs (C(OH)–C–C–N with tert-alkyl or cyclic N) is 1. The molecule has 1 saturated heterocycles. The highest BCUT2D eigenvalue weighted by Crippen LogP contribution is 2.35. The standard InChI is InChI=1S/C14H21NO2/c1-4-17-13-7-5-12(6-8-13)14(16)9-11(2)15(3)10-14/h5-8,11,16H,4,9-10H2,1-3H3. The third-order valence-electron chi connectivity index (χ3n) is 3.60. The Morgan fingerprint density at radius 1 is 1.41 bits per heavy atom. The van der Waals surface area contributed by atoms with Crippen LogP contribution in [0.3, 0.4) is 0 Å². The van der Waals surface area contributed by atoms with Crippen molar-refractivity contribution in [3.63, 3.8) is 0 Å². The first-order chi connectivity index (χ1) is 8.05. The number of likely N-dealkylation sites (N-methyl/N-ethyl adjacent to an activating group) is 1. The molecule has 0 radical (unpaired) electrons. The molecule has 1 N–H and O–H groups in total. The molecule has 0 amide bonds. The minimum Gasteiger partial charge on any atom is -0.494 e. The van der Waals surface area contributed by atoms with Gasteiger partial charge in [-0.25, -0.2) is 0 Å². The number of benzene rings is 1. The van der Waals surface area contributed by atoms with Crippen LogP contribution in [0, 0.1) is 0 Å². The molecule has 0 aliphatic carbocycles. The molecular formula is C14H21NO2. The van der Waals surface area contributed by atoms with E-state index in [1.807, 2.05) is 31.2 Å². The van der Waals surface area contributed by atoms with Crippen molar-refractivity contribution in [2.75, 3.05) is 20.2 Å². The average Bonchev–Trinajstić information content (AvgIpc) is 2.55. The number of hydrogen-bond donors (Lipinski definition) is 1. The number of ether oxygens (including phenoxy) is 1. The van der Waals surface area contributed by atoms with E-state index in [-0.39, 0.29) is 0 Å². The molecule has 0 aromatic heterocycles. The van der Waals surface area contributed by atoms with Crippen LogP contribution < -0.4 is 4.74 Å². The highest BCUT2D eigenvalue weighted by atomic mass is 16.5. The summed E-state index contributed by atoms with van der Waals surface area (Å²) >= 11 is 0. The predicted octanol–water partition coefficient (Wildman–Crippen LogP) is 2.00. The minimum atomic E-state index is -0.709. The topological polar surface area (TPSA) is 32.7 Å². The number of nitrogens with zero attached hydrogens (tertiary/aromatic N) is 1. The molecule has 0 bridgehead atoms. The van der Waals surface area contributed by atoms with E-state index >= 15 is 0 Å². The molecule has 1 aliphatic rings. The minimum absolute atomic E-state index is 0.423. The van der Waals surface area contributed by atoms with Crippen LogP contribution in [0.2, 0.25) is 0 Å². The number of hydrogen-bond acceptors (Lipinski definition) is 3. The largest absolute Gasteiger partial charge is 0.494 e. The molecule has 1 heterocycles. The lowest BCUT2D eigenvalue weighted by Gasteiger charge is -2.23. The van der Waals surface area contributed by atoms with E-state index in [0.717, 1.165) is 17.7 Å². The van der Waals surface area contributed by atoms with Crippen molar-refractivity contribution < 1.29 is 9.84 Å². The SMILES string of the molecule is CCOc1ccc(C2(O)CC(C)N(C)C2)cc1. The van der Waals surface area contributed by atoms with Crippen molar-refractivity contribution in [3.05, 3.63) is 29.8 Å². The zero-order valence-corrected chi connectivity index (χ0v) is 10.8. The molecule has 17 heavy (non-hydrogen) atoms. The van der Waals surface area contributed by atoms with Crippen molar-refractivity contribution in [1.82, 2.24) is 4.90 Å². The quantitative estimate of drug-likeness (QED) is 0.869. The van der Waals surface area contributed by atoms with E-state index in [0.29, 0.717) is 19.2 Å². The van der Waals surface area contributed by atoms with Gasteiger partial charge in [0.05, 0.1) is 6.61 Å². The molecule has 0 saturated carbocycles. The van der Waals surface area contributed by atoms with Gasteiger partial charge < -0.3 is 14.7 Å². The number of likely N-dealkylation sites (tertiary alicyclic amines) is 1.